The highest BCUT2D eigenvalue weighted by atomic mass is 32.1. The van der Waals surface area contributed by atoms with Gasteiger partial charge in [0.15, 0.2) is 0 Å². The highest BCUT2D eigenvalue weighted by Gasteiger charge is 2.38. The maximum atomic E-state index is 12.4. The number of nitrogens with one attached hydrogen (secondary N) is 1. The van der Waals surface area contributed by atoms with Crippen molar-refractivity contribution in [1.82, 2.24) is 4.90 Å². The van der Waals surface area contributed by atoms with Gasteiger partial charge < -0.3 is 10.0 Å². The normalized spacial score (nSPS) is 25.3. The number of carbonyl (C=O) groups excluding carboxylic acids is 1. The zero-order chi connectivity index (χ0) is 14.1. The number of fused-ring (bicyclic) bond motifs is 1. The number of carbonyl (C=O) groups is 2. The van der Waals surface area contributed by atoms with Crippen molar-refractivity contribution in [2.45, 2.75) is 38.1 Å². The highest BCUT2D eigenvalue weighted by Crippen LogP contribution is 2.36. The Bertz CT molecular complexity index is 528. The number of rotatable bonds is 2. The summed E-state index contributed by atoms with van der Waals surface area (Å²) in [6.45, 7) is 0.787. The second-order valence-corrected chi connectivity index (χ2v) is 6.41. The zero-order valence-electron chi connectivity index (χ0n) is 11.2. The second kappa shape index (κ2) is 5.44. The number of thiophene rings is 1. The summed E-state index contributed by atoms with van der Waals surface area (Å²) in [4.78, 5) is 25.3. The van der Waals surface area contributed by atoms with E-state index < -0.39 is 5.97 Å². The van der Waals surface area contributed by atoms with Crippen LogP contribution in [0.2, 0.25) is 0 Å². The first-order valence-corrected chi connectivity index (χ1v) is 7.93. The fourth-order valence-corrected chi connectivity index (χ4v) is 4.17. The minimum Gasteiger partial charge on any atom is -0.478 e. The fourth-order valence-electron chi connectivity index (χ4n) is 3.40. The van der Waals surface area contributed by atoms with E-state index in [0.717, 1.165) is 19.4 Å². The molecule has 108 valence electrons. The minimum atomic E-state index is -1.00. The van der Waals surface area contributed by atoms with E-state index in [0.29, 0.717) is 17.0 Å². The number of nitrogens with zero attached hydrogens (tertiary/aromatic N) is 1. The number of hydrogen-bond donors (Lipinski definition) is 2. The van der Waals surface area contributed by atoms with Gasteiger partial charge in [-0.2, -0.15) is 0 Å². The van der Waals surface area contributed by atoms with Crippen LogP contribution >= 0.6 is 11.3 Å². The van der Waals surface area contributed by atoms with Gasteiger partial charge in [-0.15, -0.1) is 11.3 Å². The van der Waals surface area contributed by atoms with E-state index in [2.05, 4.69) is 5.32 Å². The molecule has 2 unspecified atom stereocenters. The fraction of sp³-hybridized carbons (Fsp3) is 0.571. The van der Waals surface area contributed by atoms with Gasteiger partial charge in [-0.25, -0.2) is 9.59 Å². The Morgan fingerprint density at radius 2 is 2.10 bits per heavy atom. The molecule has 2 fully saturated rings. The van der Waals surface area contributed by atoms with E-state index >= 15 is 0 Å². The molecule has 1 aromatic heterocycles. The molecule has 1 aromatic rings. The standard InChI is InChI=1S/C14H18N2O3S/c17-13(18)10-6-8-20-12(10)15-14(19)16-7-5-9-3-1-2-4-11(9)16/h6,8-9,11H,1-5,7H2,(H,15,19)(H,17,18). The van der Waals surface area contributed by atoms with Crippen molar-refractivity contribution in [3.63, 3.8) is 0 Å². The van der Waals surface area contributed by atoms with Crippen molar-refractivity contribution in [3.8, 4) is 0 Å². The molecule has 2 aliphatic rings. The first-order chi connectivity index (χ1) is 9.66. The molecule has 2 heterocycles. The van der Waals surface area contributed by atoms with Gasteiger partial charge in [0, 0.05) is 12.6 Å². The van der Waals surface area contributed by atoms with Crippen molar-refractivity contribution in [1.29, 1.82) is 0 Å². The van der Waals surface area contributed by atoms with E-state index in [1.807, 2.05) is 4.90 Å². The molecule has 3 rings (SSSR count). The quantitative estimate of drug-likeness (QED) is 0.879. The highest BCUT2D eigenvalue weighted by molar-refractivity contribution is 7.14. The largest absolute Gasteiger partial charge is 0.478 e. The van der Waals surface area contributed by atoms with Crippen LogP contribution in [0.5, 0.6) is 0 Å². The van der Waals surface area contributed by atoms with E-state index in [1.165, 1.54) is 36.7 Å². The van der Waals surface area contributed by atoms with Crippen LogP contribution in [0.25, 0.3) is 0 Å². The van der Waals surface area contributed by atoms with Crippen molar-refractivity contribution in [2.75, 3.05) is 11.9 Å². The third-order valence-corrected chi connectivity index (χ3v) is 5.22. The van der Waals surface area contributed by atoms with E-state index in [1.54, 1.807) is 5.38 Å². The Kier molecular flexibility index (Phi) is 3.65. The van der Waals surface area contributed by atoms with Crippen LogP contribution in [0.15, 0.2) is 11.4 Å². The first-order valence-electron chi connectivity index (χ1n) is 7.05. The molecule has 2 amide bonds. The van der Waals surface area contributed by atoms with Crippen molar-refractivity contribution in [2.24, 2.45) is 5.92 Å². The lowest BCUT2D eigenvalue weighted by Gasteiger charge is -2.31. The summed E-state index contributed by atoms with van der Waals surface area (Å²) in [7, 11) is 0. The summed E-state index contributed by atoms with van der Waals surface area (Å²) in [6, 6.07) is 1.72. The number of likely N-dealkylation sites (tertiary alicyclic amines) is 1. The lowest BCUT2D eigenvalue weighted by Crippen LogP contribution is -2.41. The molecule has 1 aliphatic heterocycles. The minimum absolute atomic E-state index is 0.149. The van der Waals surface area contributed by atoms with Crippen molar-refractivity contribution < 1.29 is 14.7 Å². The van der Waals surface area contributed by atoms with Gasteiger partial charge in [-0.3, -0.25) is 5.32 Å². The van der Waals surface area contributed by atoms with Gasteiger partial charge in [0.1, 0.15) is 5.00 Å². The molecule has 6 heteroatoms. The monoisotopic (exact) mass is 294 g/mol. The average molecular weight is 294 g/mol. The molecule has 0 bridgehead atoms. The molecular formula is C14H18N2O3S. The second-order valence-electron chi connectivity index (χ2n) is 5.49. The number of carboxylic acids is 1. The Hall–Kier alpha value is -1.56. The lowest BCUT2D eigenvalue weighted by atomic mass is 9.85. The number of hydrogen-bond acceptors (Lipinski definition) is 3. The summed E-state index contributed by atoms with van der Waals surface area (Å²) in [5.74, 6) is -0.365. The summed E-state index contributed by atoms with van der Waals surface area (Å²) in [6.07, 6.45) is 5.82. The summed E-state index contributed by atoms with van der Waals surface area (Å²) >= 11 is 1.25. The number of urea groups is 1. The van der Waals surface area contributed by atoms with E-state index in [4.69, 9.17) is 5.11 Å². The molecule has 2 N–H and O–H groups in total. The number of anilines is 1. The average Bonchev–Trinajstić information content (AvgIpc) is 3.04. The van der Waals surface area contributed by atoms with Crippen LogP contribution in [-0.4, -0.2) is 34.6 Å². The van der Waals surface area contributed by atoms with Crippen LogP contribution in [0.4, 0.5) is 9.80 Å². The molecule has 1 saturated carbocycles. The van der Waals surface area contributed by atoms with Gasteiger partial charge in [0.25, 0.3) is 0 Å². The Morgan fingerprint density at radius 3 is 2.90 bits per heavy atom. The maximum absolute atomic E-state index is 12.4. The Morgan fingerprint density at radius 1 is 1.30 bits per heavy atom. The van der Waals surface area contributed by atoms with Crippen LogP contribution in [0.3, 0.4) is 0 Å². The molecule has 5 nitrogen and oxygen atoms in total. The predicted octanol–water partition coefficient (Wildman–Crippen LogP) is 3.24. The van der Waals surface area contributed by atoms with Gasteiger partial charge in [0.2, 0.25) is 0 Å². The van der Waals surface area contributed by atoms with Gasteiger partial charge >= 0.3 is 12.0 Å². The molecule has 2 atom stereocenters. The maximum Gasteiger partial charge on any atom is 0.338 e. The molecule has 1 aliphatic carbocycles. The molecule has 0 spiro atoms. The van der Waals surface area contributed by atoms with Gasteiger partial charge in [-0.1, -0.05) is 12.8 Å². The summed E-state index contributed by atoms with van der Waals surface area (Å²) < 4.78 is 0. The molecule has 1 saturated heterocycles. The van der Waals surface area contributed by atoms with Crippen LogP contribution in [0.1, 0.15) is 42.5 Å². The van der Waals surface area contributed by atoms with E-state index in [9.17, 15) is 9.59 Å². The topological polar surface area (TPSA) is 69.6 Å². The van der Waals surface area contributed by atoms with Gasteiger partial charge in [0.05, 0.1) is 5.56 Å². The summed E-state index contributed by atoms with van der Waals surface area (Å²) in [5, 5.41) is 14.0. The van der Waals surface area contributed by atoms with Crippen LogP contribution in [0, 0.1) is 5.92 Å². The zero-order valence-corrected chi connectivity index (χ0v) is 12.0. The third-order valence-electron chi connectivity index (χ3n) is 4.39. The number of aromatic carboxylic acids is 1. The SMILES string of the molecule is O=C(O)c1ccsc1NC(=O)N1CCC2CCCCC21. The van der Waals surface area contributed by atoms with E-state index in [-0.39, 0.29) is 11.6 Å². The van der Waals surface area contributed by atoms with Gasteiger partial charge in [-0.05, 0) is 36.6 Å². The molecule has 0 radical (unpaired) electrons. The van der Waals surface area contributed by atoms with Crippen molar-refractivity contribution >= 4 is 28.3 Å². The Balaban J connectivity index is 1.70. The smallest absolute Gasteiger partial charge is 0.338 e. The van der Waals surface area contributed by atoms with Crippen LogP contribution in [-0.2, 0) is 0 Å². The lowest BCUT2D eigenvalue weighted by molar-refractivity contribution is 0.0698. The van der Waals surface area contributed by atoms with Crippen molar-refractivity contribution in [3.05, 3.63) is 17.0 Å². The molecule has 0 aromatic carbocycles. The molecule has 20 heavy (non-hydrogen) atoms. The Labute approximate surface area is 121 Å². The predicted molar refractivity (Wildman–Crippen MR) is 77.4 cm³/mol. The number of carboxylic acid groups (broad SMARTS) is 1. The number of amides is 2. The first kappa shape index (κ1) is 13.4. The molecular weight excluding hydrogens is 276 g/mol. The summed E-state index contributed by atoms with van der Waals surface area (Å²) in [5.41, 5.74) is 0.169. The van der Waals surface area contributed by atoms with Crippen LogP contribution < -0.4 is 5.32 Å². The third kappa shape index (κ3) is 2.40.